The number of rotatable bonds is 3. The quantitative estimate of drug-likeness (QED) is 0.867. The summed E-state index contributed by atoms with van der Waals surface area (Å²) >= 11 is 5.92. The first-order valence-corrected chi connectivity index (χ1v) is 7.44. The number of halogens is 1. The molecule has 1 aromatic rings. The second-order valence-electron chi connectivity index (χ2n) is 6.07. The summed E-state index contributed by atoms with van der Waals surface area (Å²) in [7, 11) is 0. The topological polar surface area (TPSA) is 26.0 Å². The molecule has 0 heterocycles. The summed E-state index contributed by atoms with van der Waals surface area (Å²) in [5.41, 5.74) is 7.66. The van der Waals surface area contributed by atoms with Gasteiger partial charge in [0.1, 0.15) is 0 Å². The highest BCUT2D eigenvalue weighted by atomic mass is 35.5. The zero-order valence-corrected chi connectivity index (χ0v) is 12.2. The van der Waals surface area contributed by atoms with Gasteiger partial charge in [-0.15, -0.1) is 0 Å². The van der Waals surface area contributed by atoms with Gasteiger partial charge in [-0.2, -0.15) is 0 Å². The number of nitrogens with two attached hydrogens (primary N) is 1. The van der Waals surface area contributed by atoms with Crippen LogP contribution in [-0.2, 0) is 6.42 Å². The molecule has 100 valence electrons. The smallest absolute Gasteiger partial charge is 0.0406 e. The molecule has 0 aliphatic heterocycles. The van der Waals surface area contributed by atoms with E-state index in [9.17, 15) is 0 Å². The van der Waals surface area contributed by atoms with Crippen LogP contribution in [0.5, 0.6) is 0 Å². The summed E-state index contributed by atoms with van der Waals surface area (Å²) in [5.74, 6) is 2.26. The highest BCUT2D eigenvalue weighted by Crippen LogP contribution is 2.34. The van der Waals surface area contributed by atoms with Crippen LogP contribution in [0.2, 0.25) is 5.02 Å². The van der Waals surface area contributed by atoms with Crippen molar-refractivity contribution in [2.75, 3.05) is 0 Å². The Bertz CT molecular complexity index is 371. The maximum Gasteiger partial charge on any atom is 0.0406 e. The van der Waals surface area contributed by atoms with Gasteiger partial charge in [0.2, 0.25) is 0 Å². The van der Waals surface area contributed by atoms with Crippen LogP contribution in [0.1, 0.15) is 38.7 Å². The van der Waals surface area contributed by atoms with E-state index in [1.165, 1.54) is 24.8 Å². The molecule has 3 atom stereocenters. The lowest BCUT2D eigenvalue weighted by atomic mass is 9.72. The first-order valence-electron chi connectivity index (χ1n) is 7.06. The van der Waals surface area contributed by atoms with Gasteiger partial charge in [0, 0.05) is 11.1 Å². The molecule has 18 heavy (non-hydrogen) atoms. The van der Waals surface area contributed by atoms with Gasteiger partial charge in [0.15, 0.2) is 0 Å². The number of hydrogen-bond donors (Lipinski definition) is 1. The molecule has 1 aliphatic carbocycles. The van der Waals surface area contributed by atoms with Gasteiger partial charge in [0.25, 0.3) is 0 Å². The molecule has 2 N–H and O–H groups in total. The zero-order valence-electron chi connectivity index (χ0n) is 11.4. The fourth-order valence-electron chi connectivity index (χ4n) is 3.09. The second-order valence-corrected chi connectivity index (χ2v) is 6.51. The summed E-state index contributed by atoms with van der Waals surface area (Å²) in [6.07, 6.45) is 4.86. The monoisotopic (exact) mass is 265 g/mol. The highest BCUT2D eigenvalue weighted by Gasteiger charge is 2.29. The fourth-order valence-corrected chi connectivity index (χ4v) is 3.21. The third-order valence-corrected chi connectivity index (χ3v) is 4.69. The van der Waals surface area contributed by atoms with Crippen molar-refractivity contribution >= 4 is 11.6 Å². The van der Waals surface area contributed by atoms with Gasteiger partial charge in [-0.3, -0.25) is 0 Å². The van der Waals surface area contributed by atoms with Crippen LogP contribution in [0.25, 0.3) is 0 Å². The molecule has 1 fully saturated rings. The van der Waals surface area contributed by atoms with Crippen LogP contribution in [0.15, 0.2) is 24.3 Å². The lowest BCUT2D eigenvalue weighted by Crippen LogP contribution is -2.38. The summed E-state index contributed by atoms with van der Waals surface area (Å²) < 4.78 is 0. The Balaban J connectivity index is 2.00. The van der Waals surface area contributed by atoms with Crippen molar-refractivity contribution in [3.8, 4) is 0 Å². The molecule has 0 amide bonds. The van der Waals surface area contributed by atoms with E-state index in [2.05, 4.69) is 26.0 Å². The van der Waals surface area contributed by atoms with Crippen molar-refractivity contribution in [1.82, 2.24) is 0 Å². The number of hydrogen-bond acceptors (Lipinski definition) is 1. The maximum absolute atomic E-state index is 6.29. The molecule has 0 radical (unpaired) electrons. The minimum Gasteiger partial charge on any atom is -0.327 e. The van der Waals surface area contributed by atoms with Crippen molar-refractivity contribution < 1.29 is 0 Å². The summed E-state index contributed by atoms with van der Waals surface area (Å²) in [5, 5.41) is 0.812. The zero-order chi connectivity index (χ0) is 13.1. The predicted octanol–water partition coefficient (Wildman–Crippen LogP) is 4.28. The van der Waals surface area contributed by atoms with Gasteiger partial charge in [-0.1, -0.05) is 37.6 Å². The van der Waals surface area contributed by atoms with Crippen molar-refractivity contribution in [3.05, 3.63) is 34.9 Å². The van der Waals surface area contributed by atoms with Crippen molar-refractivity contribution in [2.45, 2.75) is 45.6 Å². The molecule has 1 saturated carbocycles. The molecule has 2 heteroatoms. The molecule has 0 bridgehead atoms. The summed E-state index contributed by atoms with van der Waals surface area (Å²) in [6.45, 7) is 4.67. The average molecular weight is 266 g/mol. The first kappa shape index (κ1) is 13.9. The predicted molar refractivity (Wildman–Crippen MR) is 78.8 cm³/mol. The van der Waals surface area contributed by atoms with E-state index in [1.54, 1.807) is 0 Å². The Morgan fingerprint density at radius 1 is 1.22 bits per heavy atom. The lowest BCUT2D eigenvalue weighted by Gasteiger charge is -2.36. The van der Waals surface area contributed by atoms with E-state index in [0.717, 1.165) is 23.3 Å². The van der Waals surface area contributed by atoms with E-state index in [4.69, 9.17) is 17.3 Å². The molecule has 0 aromatic heterocycles. The van der Waals surface area contributed by atoms with Gasteiger partial charge in [-0.05, 0) is 61.1 Å². The molecule has 0 saturated heterocycles. The molecule has 1 aliphatic rings. The maximum atomic E-state index is 6.29. The van der Waals surface area contributed by atoms with Gasteiger partial charge >= 0.3 is 0 Å². The van der Waals surface area contributed by atoms with Gasteiger partial charge < -0.3 is 5.73 Å². The molecule has 0 spiro atoms. The minimum atomic E-state index is 0.371. The fraction of sp³-hybridized carbons (Fsp3) is 0.625. The second kappa shape index (κ2) is 6.08. The molecule has 1 aromatic carbocycles. The van der Waals surface area contributed by atoms with Crippen LogP contribution in [-0.4, -0.2) is 6.04 Å². The lowest BCUT2D eigenvalue weighted by molar-refractivity contribution is 0.189. The third kappa shape index (κ3) is 3.49. The molecule has 1 nitrogen and oxygen atoms in total. The summed E-state index contributed by atoms with van der Waals surface area (Å²) in [4.78, 5) is 0. The normalized spacial score (nSPS) is 28.6. The standard InChI is InChI=1S/C16H24ClN/c1-11(2)13-5-8-16(18)14(10-13)9-12-3-6-15(17)7-4-12/h3-4,6-7,11,13-14,16H,5,8-10,18H2,1-2H3. The van der Waals surface area contributed by atoms with Crippen LogP contribution in [0.3, 0.4) is 0 Å². The van der Waals surface area contributed by atoms with Gasteiger partial charge in [-0.25, -0.2) is 0 Å². The molecule has 2 rings (SSSR count). The highest BCUT2D eigenvalue weighted by molar-refractivity contribution is 6.30. The van der Waals surface area contributed by atoms with E-state index in [1.807, 2.05) is 12.1 Å². The van der Waals surface area contributed by atoms with Crippen LogP contribution >= 0.6 is 11.6 Å². The Kier molecular flexibility index (Phi) is 4.69. The average Bonchev–Trinajstić information content (AvgIpc) is 2.34. The third-order valence-electron chi connectivity index (χ3n) is 4.44. The SMILES string of the molecule is CC(C)C1CCC(N)C(Cc2ccc(Cl)cc2)C1. The number of benzene rings is 1. The summed E-state index contributed by atoms with van der Waals surface area (Å²) in [6, 6.07) is 8.59. The van der Waals surface area contributed by atoms with Gasteiger partial charge in [0.05, 0.1) is 0 Å². The van der Waals surface area contributed by atoms with Crippen molar-refractivity contribution in [3.63, 3.8) is 0 Å². The molecule has 3 unspecified atom stereocenters. The largest absolute Gasteiger partial charge is 0.327 e. The molecular formula is C16H24ClN. The van der Waals surface area contributed by atoms with E-state index >= 15 is 0 Å². The van der Waals surface area contributed by atoms with E-state index in [0.29, 0.717) is 12.0 Å². The van der Waals surface area contributed by atoms with E-state index < -0.39 is 0 Å². The first-order chi connectivity index (χ1) is 8.56. The van der Waals surface area contributed by atoms with Crippen LogP contribution in [0.4, 0.5) is 0 Å². The van der Waals surface area contributed by atoms with Crippen molar-refractivity contribution in [2.24, 2.45) is 23.5 Å². The van der Waals surface area contributed by atoms with Crippen LogP contribution < -0.4 is 5.73 Å². The van der Waals surface area contributed by atoms with E-state index in [-0.39, 0.29) is 0 Å². The van der Waals surface area contributed by atoms with Crippen LogP contribution in [0, 0.1) is 17.8 Å². The minimum absolute atomic E-state index is 0.371. The Hall–Kier alpha value is -0.530. The molecular weight excluding hydrogens is 242 g/mol. The Labute approximate surface area is 116 Å². The Morgan fingerprint density at radius 3 is 2.50 bits per heavy atom. The Morgan fingerprint density at radius 2 is 1.89 bits per heavy atom. The van der Waals surface area contributed by atoms with Crippen molar-refractivity contribution in [1.29, 1.82) is 0 Å².